The van der Waals surface area contributed by atoms with Gasteiger partial charge in [-0.05, 0) is 51.8 Å². The molecule has 2 aromatic rings. The molecular weight excluding hydrogens is 337 g/mol. The third-order valence-electron chi connectivity index (χ3n) is 2.73. The largest absolute Gasteiger partial charge is 0.310 e. The van der Waals surface area contributed by atoms with E-state index in [1.165, 1.54) is 11.6 Å². The Morgan fingerprint density at radius 3 is 2.65 bits per heavy atom. The summed E-state index contributed by atoms with van der Waals surface area (Å²) in [5, 5.41) is 3.39. The van der Waals surface area contributed by atoms with E-state index in [-0.39, 0.29) is 5.82 Å². The first kappa shape index (κ1) is 15.5. The summed E-state index contributed by atoms with van der Waals surface area (Å²) in [6.45, 7) is 5.10. The number of halogens is 2. The van der Waals surface area contributed by atoms with Crippen molar-refractivity contribution >= 4 is 27.7 Å². The van der Waals surface area contributed by atoms with Crippen LogP contribution in [0.4, 0.5) is 4.39 Å². The van der Waals surface area contributed by atoms with E-state index in [0.29, 0.717) is 6.04 Å². The number of benzene rings is 2. The molecular formula is C16H17BrFNS. The Kier molecular flexibility index (Phi) is 5.64. The van der Waals surface area contributed by atoms with Crippen molar-refractivity contribution in [2.45, 2.75) is 36.2 Å². The Morgan fingerprint density at radius 2 is 2.00 bits per heavy atom. The van der Waals surface area contributed by atoms with Crippen LogP contribution in [-0.2, 0) is 6.54 Å². The van der Waals surface area contributed by atoms with Gasteiger partial charge in [0.05, 0.1) is 0 Å². The predicted molar refractivity (Wildman–Crippen MR) is 86.6 cm³/mol. The Labute approximate surface area is 132 Å². The van der Waals surface area contributed by atoms with Gasteiger partial charge in [-0.3, -0.25) is 0 Å². The number of nitrogens with one attached hydrogen (secondary N) is 1. The first-order chi connectivity index (χ1) is 9.54. The van der Waals surface area contributed by atoms with Crippen LogP contribution in [0.1, 0.15) is 19.4 Å². The van der Waals surface area contributed by atoms with Crippen molar-refractivity contribution in [3.05, 3.63) is 58.3 Å². The fourth-order valence-electron chi connectivity index (χ4n) is 1.72. The second kappa shape index (κ2) is 7.25. The molecule has 0 amide bonds. The van der Waals surface area contributed by atoms with Crippen molar-refractivity contribution in [1.29, 1.82) is 0 Å². The molecule has 20 heavy (non-hydrogen) atoms. The summed E-state index contributed by atoms with van der Waals surface area (Å²) in [5.41, 5.74) is 1.23. The van der Waals surface area contributed by atoms with Crippen LogP contribution in [0.5, 0.6) is 0 Å². The first-order valence-corrected chi connectivity index (χ1v) is 8.11. The average molecular weight is 354 g/mol. The zero-order valence-electron chi connectivity index (χ0n) is 11.5. The highest BCUT2D eigenvalue weighted by molar-refractivity contribution is 9.10. The summed E-state index contributed by atoms with van der Waals surface area (Å²) in [6, 6.07) is 13.4. The minimum absolute atomic E-state index is 0.205. The molecule has 106 valence electrons. The van der Waals surface area contributed by atoms with Crippen molar-refractivity contribution in [3.8, 4) is 0 Å². The van der Waals surface area contributed by atoms with Crippen LogP contribution in [0.2, 0.25) is 0 Å². The van der Waals surface area contributed by atoms with Crippen LogP contribution < -0.4 is 5.32 Å². The third kappa shape index (κ3) is 4.62. The Bertz CT molecular complexity index is 586. The van der Waals surface area contributed by atoms with Gasteiger partial charge >= 0.3 is 0 Å². The van der Waals surface area contributed by atoms with Crippen molar-refractivity contribution < 1.29 is 4.39 Å². The van der Waals surface area contributed by atoms with Crippen LogP contribution in [0.25, 0.3) is 0 Å². The molecule has 0 unspecified atom stereocenters. The summed E-state index contributed by atoms with van der Waals surface area (Å²) < 4.78 is 14.2. The summed E-state index contributed by atoms with van der Waals surface area (Å²) in [5.74, 6) is -0.205. The molecule has 0 saturated heterocycles. The molecule has 0 heterocycles. The van der Waals surface area contributed by atoms with Gasteiger partial charge in [0.15, 0.2) is 0 Å². The summed E-state index contributed by atoms with van der Waals surface area (Å²) >= 11 is 5.14. The van der Waals surface area contributed by atoms with E-state index in [1.807, 2.05) is 6.07 Å². The molecule has 1 N–H and O–H groups in total. The van der Waals surface area contributed by atoms with Gasteiger partial charge < -0.3 is 5.32 Å². The predicted octanol–water partition coefficient (Wildman–Crippen LogP) is 5.24. The van der Waals surface area contributed by atoms with Crippen molar-refractivity contribution in [1.82, 2.24) is 5.32 Å². The van der Waals surface area contributed by atoms with Gasteiger partial charge in [0.25, 0.3) is 0 Å². The standard InChI is InChI=1S/C16H17BrFNS/c1-11(2)19-10-12-6-7-16(15(17)8-12)20-14-5-3-4-13(18)9-14/h3-9,11,19H,10H2,1-2H3. The van der Waals surface area contributed by atoms with Gasteiger partial charge in [-0.1, -0.05) is 37.7 Å². The number of rotatable bonds is 5. The normalized spacial score (nSPS) is 11.1. The number of hydrogen-bond acceptors (Lipinski definition) is 2. The molecule has 0 aliphatic rings. The molecule has 1 nitrogen and oxygen atoms in total. The Balaban J connectivity index is 2.09. The second-order valence-electron chi connectivity index (χ2n) is 4.86. The van der Waals surface area contributed by atoms with Crippen molar-refractivity contribution in [2.24, 2.45) is 0 Å². The zero-order chi connectivity index (χ0) is 14.5. The maximum atomic E-state index is 13.2. The molecule has 0 aliphatic heterocycles. The molecule has 0 saturated carbocycles. The van der Waals surface area contributed by atoms with Gasteiger partial charge in [0.2, 0.25) is 0 Å². The minimum atomic E-state index is -0.205. The highest BCUT2D eigenvalue weighted by Gasteiger charge is 2.05. The number of hydrogen-bond donors (Lipinski definition) is 1. The molecule has 0 aliphatic carbocycles. The second-order valence-corrected chi connectivity index (χ2v) is 6.83. The van der Waals surface area contributed by atoms with E-state index in [2.05, 4.69) is 53.3 Å². The first-order valence-electron chi connectivity index (χ1n) is 6.50. The SMILES string of the molecule is CC(C)NCc1ccc(Sc2cccc(F)c2)c(Br)c1. The van der Waals surface area contributed by atoms with Gasteiger partial charge in [-0.15, -0.1) is 0 Å². The van der Waals surface area contributed by atoms with Crippen molar-refractivity contribution in [2.75, 3.05) is 0 Å². The maximum Gasteiger partial charge on any atom is 0.124 e. The third-order valence-corrected chi connectivity index (χ3v) is 4.72. The lowest BCUT2D eigenvalue weighted by Crippen LogP contribution is -2.21. The fraction of sp³-hybridized carbons (Fsp3) is 0.250. The van der Waals surface area contributed by atoms with Gasteiger partial charge in [-0.2, -0.15) is 0 Å². The van der Waals surface area contributed by atoms with E-state index < -0.39 is 0 Å². The lowest BCUT2D eigenvalue weighted by molar-refractivity contribution is 0.588. The van der Waals surface area contributed by atoms with Gasteiger partial charge in [-0.25, -0.2) is 4.39 Å². The molecule has 0 atom stereocenters. The van der Waals surface area contributed by atoms with E-state index in [0.717, 1.165) is 20.8 Å². The maximum absolute atomic E-state index is 13.2. The highest BCUT2D eigenvalue weighted by Crippen LogP contribution is 2.34. The van der Waals surface area contributed by atoms with Crippen LogP contribution in [0, 0.1) is 5.82 Å². The monoisotopic (exact) mass is 353 g/mol. The van der Waals surface area contributed by atoms with E-state index in [9.17, 15) is 4.39 Å². The molecule has 0 bridgehead atoms. The smallest absolute Gasteiger partial charge is 0.124 e. The van der Waals surface area contributed by atoms with Gasteiger partial charge in [0.1, 0.15) is 5.82 Å². The van der Waals surface area contributed by atoms with Crippen LogP contribution in [0.3, 0.4) is 0 Å². The topological polar surface area (TPSA) is 12.0 Å². The average Bonchev–Trinajstić information content (AvgIpc) is 2.39. The Morgan fingerprint density at radius 1 is 1.20 bits per heavy atom. The van der Waals surface area contributed by atoms with E-state index in [1.54, 1.807) is 23.9 Å². The molecule has 4 heteroatoms. The lowest BCUT2D eigenvalue weighted by Gasteiger charge is -2.10. The fourth-order valence-corrected chi connectivity index (χ4v) is 3.25. The van der Waals surface area contributed by atoms with Crippen LogP contribution in [-0.4, -0.2) is 6.04 Å². The van der Waals surface area contributed by atoms with Crippen LogP contribution >= 0.6 is 27.7 Å². The lowest BCUT2D eigenvalue weighted by atomic mass is 10.2. The molecule has 0 aromatic heterocycles. The summed E-state index contributed by atoms with van der Waals surface area (Å²) in [7, 11) is 0. The molecule has 0 spiro atoms. The highest BCUT2D eigenvalue weighted by atomic mass is 79.9. The summed E-state index contributed by atoms with van der Waals surface area (Å²) in [4.78, 5) is 1.99. The van der Waals surface area contributed by atoms with Crippen molar-refractivity contribution in [3.63, 3.8) is 0 Å². The molecule has 2 aromatic carbocycles. The quantitative estimate of drug-likeness (QED) is 0.788. The molecule has 0 radical (unpaired) electrons. The van der Waals surface area contributed by atoms with Crippen LogP contribution in [0.15, 0.2) is 56.7 Å². The minimum Gasteiger partial charge on any atom is -0.310 e. The van der Waals surface area contributed by atoms with Gasteiger partial charge in [0, 0.05) is 26.9 Å². The molecule has 0 fully saturated rings. The zero-order valence-corrected chi connectivity index (χ0v) is 13.9. The Hall–Kier alpha value is -0.840. The summed E-state index contributed by atoms with van der Waals surface area (Å²) in [6.07, 6.45) is 0. The van der Waals surface area contributed by atoms with E-state index >= 15 is 0 Å². The molecule has 2 rings (SSSR count). The van der Waals surface area contributed by atoms with E-state index in [4.69, 9.17) is 0 Å².